The van der Waals surface area contributed by atoms with Gasteiger partial charge in [0.2, 0.25) is 11.8 Å². The minimum absolute atomic E-state index is 0.116. The SMILES string of the molecule is Cc1cccc(C)c1NC(=O)CN(C)CC(=O)N[C@H](C)c1cc2ccccc2o1. The molecular weight excluding hydrogens is 366 g/mol. The molecular formula is C23H27N3O3. The van der Waals surface area contributed by atoms with Gasteiger partial charge in [-0.05, 0) is 51.1 Å². The Morgan fingerprint density at radius 2 is 1.66 bits per heavy atom. The summed E-state index contributed by atoms with van der Waals surface area (Å²) in [5.41, 5.74) is 3.65. The van der Waals surface area contributed by atoms with Crippen LogP contribution in [0.15, 0.2) is 52.9 Å². The van der Waals surface area contributed by atoms with Crippen LogP contribution >= 0.6 is 0 Å². The topological polar surface area (TPSA) is 74.6 Å². The first-order chi connectivity index (χ1) is 13.8. The highest BCUT2D eigenvalue weighted by Gasteiger charge is 2.17. The lowest BCUT2D eigenvalue weighted by molar-refractivity contribution is -0.123. The number of aryl methyl sites for hydroxylation is 2. The van der Waals surface area contributed by atoms with E-state index in [-0.39, 0.29) is 30.9 Å². The highest BCUT2D eigenvalue weighted by atomic mass is 16.3. The molecule has 2 N–H and O–H groups in total. The summed E-state index contributed by atoms with van der Waals surface area (Å²) in [4.78, 5) is 26.4. The van der Waals surface area contributed by atoms with Gasteiger partial charge in [-0.15, -0.1) is 0 Å². The molecule has 1 aromatic heterocycles. The first-order valence-corrected chi connectivity index (χ1v) is 9.66. The van der Waals surface area contributed by atoms with Gasteiger partial charge in [-0.25, -0.2) is 0 Å². The van der Waals surface area contributed by atoms with Crippen LogP contribution < -0.4 is 10.6 Å². The lowest BCUT2D eigenvalue weighted by Gasteiger charge is -2.18. The first kappa shape index (κ1) is 20.6. The van der Waals surface area contributed by atoms with Gasteiger partial charge in [0.05, 0.1) is 19.1 Å². The van der Waals surface area contributed by atoms with Crippen molar-refractivity contribution < 1.29 is 14.0 Å². The number of carbonyl (C=O) groups is 2. The van der Waals surface area contributed by atoms with Crippen LogP contribution in [0.2, 0.25) is 0 Å². The van der Waals surface area contributed by atoms with Crippen molar-refractivity contribution in [2.45, 2.75) is 26.8 Å². The van der Waals surface area contributed by atoms with Gasteiger partial charge < -0.3 is 15.1 Å². The maximum atomic E-state index is 12.4. The minimum atomic E-state index is -0.258. The second kappa shape index (κ2) is 8.92. The molecule has 6 heteroatoms. The summed E-state index contributed by atoms with van der Waals surface area (Å²) in [6.45, 7) is 6.03. The van der Waals surface area contributed by atoms with Gasteiger partial charge in [0, 0.05) is 11.1 Å². The van der Waals surface area contributed by atoms with Crippen molar-refractivity contribution in [3.05, 3.63) is 65.4 Å². The zero-order valence-electron chi connectivity index (χ0n) is 17.3. The fourth-order valence-corrected chi connectivity index (χ4v) is 3.31. The Morgan fingerprint density at radius 3 is 2.34 bits per heavy atom. The predicted octanol–water partition coefficient (Wildman–Crippen LogP) is 3.80. The number of nitrogens with one attached hydrogen (secondary N) is 2. The fourth-order valence-electron chi connectivity index (χ4n) is 3.31. The summed E-state index contributed by atoms with van der Waals surface area (Å²) in [5.74, 6) is 0.387. The van der Waals surface area contributed by atoms with E-state index in [2.05, 4.69) is 10.6 Å². The molecule has 3 aromatic rings. The standard InChI is InChI=1S/C23H27N3O3/c1-15-8-7-9-16(2)23(15)25-22(28)14-26(4)13-21(27)24-17(3)20-12-18-10-5-6-11-19(18)29-20/h5-12,17H,13-14H2,1-4H3,(H,24,27)(H,25,28)/t17-/m1/s1. The molecule has 0 unspecified atom stereocenters. The Kier molecular flexibility index (Phi) is 6.34. The molecule has 0 radical (unpaired) electrons. The summed E-state index contributed by atoms with van der Waals surface area (Å²) in [6, 6.07) is 15.3. The van der Waals surface area contributed by atoms with Gasteiger partial charge in [0.25, 0.3) is 0 Å². The van der Waals surface area contributed by atoms with Crippen LogP contribution in [0.25, 0.3) is 11.0 Å². The summed E-state index contributed by atoms with van der Waals surface area (Å²) in [6.07, 6.45) is 0. The average Bonchev–Trinajstić information content (AvgIpc) is 3.09. The van der Waals surface area contributed by atoms with Crippen molar-refractivity contribution in [2.24, 2.45) is 0 Å². The third-order valence-electron chi connectivity index (χ3n) is 4.82. The normalized spacial score (nSPS) is 12.2. The van der Waals surface area contributed by atoms with Crippen LogP contribution in [-0.2, 0) is 9.59 Å². The van der Waals surface area contributed by atoms with E-state index in [9.17, 15) is 9.59 Å². The van der Waals surface area contributed by atoms with Crippen molar-refractivity contribution in [3.8, 4) is 0 Å². The number of hydrogen-bond acceptors (Lipinski definition) is 4. The monoisotopic (exact) mass is 393 g/mol. The minimum Gasteiger partial charge on any atom is -0.459 e. The molecule has 0 saturated carbocycles. The van der Waals surface area contributed by atoms with E-state index in [1.54, 1.807) is 11.9 Å². The van der Waals surface area contributed by atoms with Crippen LogP contribution in [0.1, 0.15) is 29.9 Å². The molecule has 6 nitrogen and oxygen atoms in total. The zero-order chi connectivity index (χ0) is 21.0. The van der Waals surface area contributed by atoms with E-state index in [0.29, 0.717) is 5.76 Å². The molecule has 0 spiro atoms. The van der Waals surface area contributed by atoms with Crippen molar-refractivity contribution >= 4 is 28.5 Å². The predicted molar refractivity (Wildman–Crippen MR) is 115 cm³/mol. The Bertz CT molecular complexity index is 972. The van der Waals surface area contributed by atoms with Crippen LogP contribution in [0.4, 0.5) is 5.69 Å². The second-order valence-corrected chi connectivity index (χ2v) is 7.46. The van der Waals surface area contributed by atoms with E-state index >= 15 is 0 Å². The second-order valence-electron chi connectivity index (χ2n) is 7.46. The van der Waals surface area contributed by atoms with Crippen LogP contribution in [0.5, 0.6) is 0 Å². The largest absolute Gasteiger partial charge is 0.459 e. The summed E-state index contributed by atoms with van der Waals surface area (Å²) < 4.78 is 5.80. The third kappa shape index (κ3) is 5.23. The smallest absolute Gasteiger partial charge is 0.238 e. The highest BCUT2D eigenvalue weighted by Crippen LogP contribution is 2.23. The number of amides is 2. The molecule has 0 saturated heterocycles. The number of nitrogens with zero attached hydrogens (tertiary/aromatic N) is 1. The van der Waals surface area contributed by atoms with Gasteiger partial charge >= 0.3 is 0 Å². The van der Waals surface area contributed by atoms with Gasteiger partial charge in [-0.2, -0.15) is 0 Å². The van der Waals surface area contributed by atoms with E-state index in [4.69, 9.17) is 4.42 Å². The highest BCUT2D eigenvalue weighted by molar-refractivity contribution is 5.94. The van der Waals surface area contributed by atoms with Crippen molar-refractivity contribution in [2.75, 3.05) is 25.5 Å². The van der Waals surface area contributed by atoms with Crippen LogP contribution in [0, 0.1) is 13.8 Å². The molecule has 1 atom stereocenters. The van der Waals surface area contributed by atoms with E-state index in [1.165, 1.54) is 0 Å². The van der Waals surface area contributed by atoms with Gasteiger partial charge in [0.15, 0.2) is 0 Å². The maximum absolute atomic E-state index is 12.4. The molecule has 0 fully saturated rings. The average molecular weight is 393 g/mol. The van der Waals surface area contributed by atoms with E-state index < -0.39 is 0 Å². The van der Waals surface area contributed by atoms with Crippen LogP contribution in [0.3, 0.4) is 0 Å². The van der Waals surface area contributed by atoms with Crippen molar-refractivity contribution in [1.29, 1.82) is 0 Å². The van der Waals surface area contributed by atoms with E-state index in [1.807, 2.05) is 69.3 Å². The maximum Gasteiger partial charge on any atom is 0.238 e. The number of para-hydroxylation sites is 2. The third-order valence-corrected chi connectivity index (χ3v) is 4.82. The number of hydrogen-bond donors (Lipinski definition) is 2. The number of furan rings is 1. The number of benzene rings is 2. The Balaban J connectivity index is 1.51. The Morgan fingerprint density at radius 1 is 1.00 bits per heavy atom. The zero-order valence-corrected chi connectivity index (χ0v) is 17.3. The fraction of sp³-hybridized carbons (Fsp3) is 0.304. The van der Waals surface area contributed by atoms with Crippen molar-refractivity contribution in [1.82, 2.24) is 10.2 Å². The van der Waals surface area contributed by atoms with Gasteiger partial charge in [0.1, 0.15) is 11.3 Å². The quantitative estimate of drug-likeness (QED) is 0.640. The Labute approximate surface area is 170 Å². The number of rotatable bonds is 7. The summed E-state index contributed by atoms with van der Waals surface area (Å²) in [5, 5.41) is 6.86. The lowest BCUT2D eigenvalue weighted by atomic mass is 10.1. The summed E-state index contributed by atoms with van der Waals surface area (Å²) >= 11 is 0. The molecule has 0 bridgehead atoms. The summed E-state index contributed by atoms with van der Waals surface area (Å²) in [7, 11) is 1.75. The molecule has 29 heavy (non-hydrogen) atoms. The number of carbonyl (C=O) groups excluding carboxylic acids is 2. The molecule has 152 valence electrons. The van der Waals surface area contributed by atoms with Gasteiger partial charge in [-0.3, -0.25) is 14.5 Å². The molecule has 0 aliphatic heterocycles. The molecule has 0 aliphatic carbocycles. The number of likely N-dealkylation sites (N-methyl/N-ethyl adjacent to an activating group) is 1. The molecule has 3 rings (SSSR count). The molecule has 2 amide bonds. The van der Waals surface area contributed by atoms with Crippen LogP contribution in [-0.4, -0.2) is 36.9 Å². The van der Waals surface area contributed by atoms with Crippen molar-refractivity contribution in [3.63, 3.8) is 0 Å². The van der Waals surface area contributed by atoms with E-state index in [0.717, 1.165) is 27.8 Å². The molecule has 0 aliphatic rings. The Hall–Kier alpha value is -3.12. The number of anilines is 1. The first-order valence-electron chi connectivity index (χ1n) is 9.66. The molecule has 2 aromatic carbocycles. The molecule has 1 heterocycles. The lowest BCUT2D eigenvalue weighted by Crippen LogP contribution is -2.39. The number of fused-ring (bicyclic) bond motifs is 1. The van der Waals surface area contributed by atoms with Gasteiger partial charge in [-0.1, -0.05) is 36.4 Å².